The van der Waals surface area contributed by atoms with Crippen molar-refractivity contribution in [1.82, 2.24) is 19.7 Å². The van der Waals surface area contributed by atoms with Gasteiger partial charge in [0, 0.05) is 6.42 Å². The van der Waals surface area contributed by atoms with Gasteiger partial charge in [-0.3, -0.25) is 0 Å². The summed E-state index contributed by atoms with van der Waals surface area (Å²) in [6, 6.07) is 0. The molecule has 0 saturated carbocycles. The molecule has 0 aliphatic heterocycles. The highest BCUT2D eigenvalue weighted by atomic mass is 31.1. The first-order valence-electron chi connectivity index (χ1n) is 7.82. The van der Waals surface area contributed by atoms with Crippen molar-refractivity contribution in [1.29, 1.82) is 0 Å². The second kappa shape index (κ2) is 8.95. The first-order chi connectivity index (χ1) is 12.0. The van der Waals surface area contributed by atoms with Crippen molar-refractivity contribution in [2.24, 2.45) is 0 Å². The maximum atomic E-state index is 11.4. The standard InChI is InChI=1S/C13H23N6O5P/c1-3-21-13(25-20,22-4-2)23-6-5-7-24-19-8-16-9-10(14)17-12(15)18-11(9)19/h8H,3-7,25H2,1-2H3,(H4,14,15,17,18). The van der Waals surface area contributed by atoms with E-state index in [4.69, 9.17) is 30.5 Å². The number of hydrogen-bond acceptors (Lipinski definition) is 10. The largest absolute Gasteiger partial charge is 0.411 e. The number of hydrogen-bond donors (Lipinski definition) is 2. The molecule has 0 radical (unpaired) electrons. The highest BCUT2D eigenvalue weighted by Crippen LogP contribution is 2.28. The highest BCUT2D eigenvalue weighted by molar-refractivity contribution is 7.25. The van der Waals surface area contributed by atoms with Crippen LogP contribution in [0.2, 0.25) is 0 Å². The van der Waals surface area contributed by atoms with Gasteiger partial charge in [-0.1, -0.05) is 0 Å². The third-order valence-electron chi connectivity index (χ3n) is 3.07. The van der Waals surface area contributed by atoms with Crippen LogP contribution in [0.15, 0.2) is 6.33 Å². The number of fused-ring (bicyclic) bond motifs is 1. The Morgan fingerprint density at radius 2 is 1.88 bits per heavy atom. The Labute approximate surface area is 145 Å². The summed E-state index contributed by atoms with van der Waals surface area (Å²) in [6.07, 6.45) is 1.93. The number of anilines is 2. The molecule has 0 aliphatic rings. The first kappa shape index (κ1) is 19.4. The van der Waals surface area contributed by atoms with Gasteiger partial charge < -0.3 is 35.1 Å². The van der Waals surface area contributed by atoms with Gasteiger partial charge in [0.2, 0.25) is 11.6 Å². The fourth-order valence-electron chi connectivity index (χ4n) is 2.08. The molecule has 1 atom stereocenters. The van der Waals surface area contributed by atoms with Gasteiger partial charge in [-0.15, -0.1) is 0 Å². The van der Waals surface area contributed by atoms with Crippen LogP contribution in [0.4, 0.5) is 11.8 Å². The molecule has 0 bridgehead atoms. The predicted octanol–water partition coefficient (Wildman–Crippen LogP) is 0.267. The molecule has 2 aromatic rings. The minimum absolute atomic E-state index is 0.0373. The van der Waals surface area contributed by atoms with E-state index in [1.165, 1.54) is 11.1 Å². The second-order valence-electron chi connectivity index (χ2n) is 4.83. The molecule has 11 nitrogen and oxygen atoms in total. The lowest BCUT2D eigenvalue weighted by atomic mass is 10.5. The lowest BCUT2D eigenvalue weighted by Crippen LogP contribution is -2.34. The zero-order valence-corrected chi connectivity index (χ0v) is 15.3. The normalized spacial score (nSPS) is 12.4. The lowest BCUT2D eigenvalue weighted by molar-refractivity contribution is -0.318. The Balaban J connectivity index is 1.88. The van der Waals surface area contributed by atoms with Gasteiger partial charge in [-0.25, -0.2) is 4.98 Å². The second-order valence-corrected chi connectivity index (χ2v) is 5.78. The Kier molecular flexibility index (Phi) is 6.94. The summed E-state index contributed by atoms with van der Waals surface area (Å²) in [5, 5.41) is 0. The molecule has 0 amide bonds. The number of rotatable bonds is 11. The van der Waals surface area contributed by atoms with Crippen LogP contribution < -0.4 is 16.3 Å². The van der Waals surface area contributed by atoms with Crippen LogP contribution in [0, 0.1) is 0 Å². The molecule has 0 fully saturated rings. The lowest BCUT2D eigenvalue weighted by Gasteiger charge is -2.27. The quantitative estimate of drug-likeness (QED) is 0.318. The smallest absolute Gasteiger partial charge is 0.332 e. The summed E-state index contributed by atoms with van der Waals surface area (Å²) in [5.74, 6) is 0.222. The van der Waals surface area contributed by atoms with E-state index in [0.717, 1.165) is 0 Å². The predicted molar refractivity (Wildman–Crippen MR) is 92.5 cm³/mol. The van der Waals surface area contributed by atoms with Crippen molar-refractivity contribution >= 4 is 31.4 Å². The number of nitrogens with two attached hydrogens (primary N) is 2. The van der Waals surface area contributed by atoms with Crippen LogP contribution in [-0.4, -0.2) is 51.8 Å². The van der Waals surface area contributed by atoms with Gasteiger partial charge >= 0.3 is 5.71 Å². The molecule has 2 heterocycles. The van der Waals surface area contributed by atoms with E-state index < -0.39 is 14.2 Å². The Hall–Kier alpha value is -1.94. The summed E-state index contributed by atoms with van der Waals surface area (Å²) in [5.41, 5.74) is 10.6. The maximum Gasteiger partial charge on any atom is 0.332 e. The molecule has 1 unspecified atom stereocenters. The highest BCUT2D eigenvalue weighted by Gasteiger charge is 2.31. The molecule has 0 saturated heterocycles. The molecular weight excluding hydrogens is 351 g/mol. The summed E-state index contributed by atoms with van der Waals surface area (Å²) in [4.78, 5) is 17.5. The average Bonchev–Trinajstić information content (AvgIpc) is 2.98. The van der Waals surface area contributed by atoms with Gasteiger partial charge in [0.15, 0.2) is 19.8 Å². The summed E-state index contributed by atoms with van der Waals surface area (Å²) >= 11 is 0. The first-order valence-corrected chi connectivity index (χ1v) is 8.87. The van der Waals surface area contributed by atoms with E-state index in [1.54, 1.807) is 13.8 Å². The van der Waals surface area contributed by atoms with E-state index in [-0.39, 0.29) is 25.0 Å². The third kappa shape index (κ3) is 4.79. The van der Waals surface area contributed by atoms with E-state index in [9.17, 15) is 4.57 Å². The zero-order valence-electron chi connectivity index (χ0n) is 14.2. The number of ether oxygens (including phenoxy) is 3. The van der Waals surface area contributed by atoms with E-state index >= 15 is 0 Å². The van der Waals surface area contributed by atoms with E-state index in [2.05, 4.69) is 15.0 Å². The van der Waals surface area contributed by atoms with Crippen LogP contribution in [0.25, 0.3) is 11.2 Å². The van der Waals surface area contributed by atoms with Crippen molar-refractivity contribution in [3.8, 4) is 0 Å². The molecule has 2 rings (SSSR count). The molecule has 2 aromatic heterocycles. The maximum absolute atomic E-state index is 11.4. The van der Waals surface area contributed by atoms with Crippen LogP contribution in [0.1, 0.15) is 20.3 Å². The zero-order chi connectivity index (χ0) is 18.3. The van der Waals surface area contributed by atoms with Crippen molar-refractivity contribution < 1.29 is 23.6 Å². The number of nitrogen functional groups attached to an aromatic ring is 2. The molecule has 0 aromatic carbocycles. The summed E-state index contributed by atoms with van der Waals surface area (Å²) in [7, 11) is -1.42. The molecule has 12 heteroatoms. The Morgan fingerprint density at radius 3 is 2.52 bits per heavy atom. The molecule has 0 spiro atoms. The van der Waals surface area contributed by atoms with E-state index in [0.29, 0.717) is 30.8 Å². The van der Waals surface area contributed by atoms with Gasteiger partial charge in [-0.2, -0.15) is 14.7 Å². The third-order valence-corrected chi connectivity index (χ3v) is 3.86. The molecule has 25 heavy (non-hydrogen) atoms. The van der Waals surface area contributed by atoms with Gasteiger partial charge in [0.1, 0.15) is 12.9 Å². The van der Waals surface area contributed by atoms with E-state index in [1.807, 2.05) is 0 Å². The molecule has 0 aliphatic carbocycles. The minimum atomic E-state index is -1.47. The fourth-order valence-corrected chi connectivity index (χ4v) is 2.74. The Bertz CT molecular complexity index is 706. The fraction of sp³-hybridized carbons (Fsp3) is 0.615. The van der Waals surface area contributed by atoms with Crippen LogP contribution in [-0.2, 0) is 18.8 Å². The number of aromatic nitrogens is 4. The van der Waals surface area contributed by atoms with Crippen molar-refractivity contribution in [3.63, 3.8) is 0 Å². The Morgan fingerprint density at radius 1 is 1.16 bits per heavy atom. The minimum Gasteiger partial charge on any atom is -0.411 e. The summed E-state index contributed by atoms with van der Waals surface area (Å²) in [6.45, 7) is 4.74. The van der Waals surface area contributed by atoms with Gasteiger partial charge in [-0.05, 0) is 13.8 Å². The average molecular weight is 374 g/mol. The van der Waals surface area contributed by atoms with Crippen LogP contribution >= 0.6 is 8.46 Å². The van der Waals surface area contributed by atoms with Gasteiger partial charge in [0.05, 0.1) is 19.8 Å². The van der Waals surface area contributed by atoms with Crippen LogP contribution in [0.5, 0.6) is 0 Å². The monoisotopic (exact) mass is 374 g/mol. The van der Waals surface area contributed by atoms with Crippen molar-refractivity contribution in [3.05, 3.63) is 6.33 Å². The van der Waals surface area contributed by atoms with Gasteiger partial charge in [0.25, 0.3) is 0 Å². The van der Waals surface area contributed by atoms with Crippen molar-refractivity contribution in [2.45, 2.75) is 26.0 Å². The molecular formula is C13H23N6O5P. The summed E-state index contributed by atoms with van der Waals surface area (Å²) < 4.78 is 29.0. The number of imidazole rings is 1. The van der Waals surface area contributed by atoms with Crippen molar-refractivity contribution in [2.75, 3.05) is 37.9 Å². The SMILES string of the molecule is CCOC(OCC)(OCCCOn1cnc2c(N)nc(N)nc21)[PH2]=O. The molecule has 140 valence electrons. The van der Waals surface area contributed by atoms with Crippen LogP contribution in [0.3, 0.4) is 0 Å². The number of nitrogens with zero attached hydrogens (tertiary/aromatic N) is 4. The topological polar surface area (TPSA) is 150 Å². The molecule has 4 N–H and O–H groups in total.